The molecule has 64 valence electrons. The highest BCUT2D eigenvalue weighted by Crippen LogP contribution is 1.78. The van der Waals surface area contributed by atoms with Crippen molar-refractivity contribution in [3.05, 3.63) is 0 Å². The summed E-state index contributed by atoms with van der Waals surface area (Å²) in [7, 11) is 3.98. The third-order valence-electron chi connectivity index (χ3n) is 1.15. The van der Waals surface area contributed by atoms with Crippen molar-refractivity contribution in [2.24, 2.45) is 10.1 Å². The summed E-state index contributed by atoms with van der Waals surface area (Å²) in [5.41, 5.74) is 0.745. The molecule has 0 aromatic carbocycles. The van der Waals surface area contributed by atoms with Gasteiger partial charge in [-0.1, -0.05) is 5.16 Å². The van der Waals surface area contributed by atoms with Crippen molar-refractivity contribution >= 4 is 11.9 Å². The maximum Gasteiger partial charge on any atom is 0.0868 e. The van der Waals surface area contributed by atoms with Gasteiger partial charge in [0.1, 0.15) is 0 Å². The molecule has 0 aliphatic heterocycles. The van der Waals surface area contributed by atoms with Gasteiger partial charge in [0.25, 0.3) is 0 Å². The molecule has 0 aromatic rings. The first-order valence-corrected chi connectivity index (χ1v) is 3.50. The van der Waals surface area contributed by atoms with Gasteiger partial charge >= 0.3 is 0 Å². The molecule has 0 aliphatic carbocycles. The minimum atomic E-state index is 0.741. The molecule has 1 N–H and O–H groups in total. The van der Waals surface area contributed by atoms with Crippen molar-refractivity contribution in [1.82, 2.24) is 4.90 Å². The van der Waals surface area contributed by atoms with Crippen molar-refractivity contribution in [3.63, 3.8) is 0 Å². The Labute approximate surface area is 67.2 Å². The van der Waals surface area contributed by atoms with E-state index < -0.39 is 0 Å². The Kier molecular flexibility index (Phi) is 5.37. The van der Waals surface area contributed by atoms with Gasteiger partial charge < -0.3 is 10.1 Å². The Morgan fingerprint density at radius 1 is 1.55 bits per heavy atom. The van der Waals surface area contributed by atoms with E-state index in [1.54, 1.807) is 6.92 Å². The first kappa shape index (κ1) is 10.1. The van der Waals surface area contributed by atoms with Gasteiger partial charge in [-0.3, -0.25) is 4.99 Å². The molecule has 0 spiro atoms. The van der Waals surface area contributed by atoms with Crippen LogP contribution in [-0.4, -0.2) is 49.2 Å². The van der Waals surface area contributed by atoms with Crippen LogP contribution < -0.4 is 0 Å². The molecule has 0 amide bonds. The van der Waals surface area contributed by atoms with Crippen LogP contribution in [0.1, 0.15) is 6.92 Å². The minimum Gasteiger partial charge on any atom is -0.411 e. The monoisotopic (exact) mass is 157 g/mol. The maximum atomic E-state index is 8.12. The lowest BCUT2D eigenvalue weighted by molar-refractivity contribution is 0.322. The number of rotatable bonds is 4. The summed E-state index contributed by atoms with van der Waals surface area (Å²) in [6.45, 7) is 3.46. The number of likely N-dealkylation sites (N-methyl/N-ethyl adjacent to an activating group) is 1. The van der Waals surface area contributed by atoms with Crippen LogP contribution in [0.4, 0.5) is 0 Å². The number of hydrogen-bond acceptors (Lipinski definition) is 4. The molecule has 0 aromatic heterocycles. The highest BCUT2D eigenvalue weighted by atomic mass is 16.4. The normalized spacial score (nSPS) is 13.3. The lowest BCUT2D eigenvalue weighted by Gasteiger charge is -2.05. The molecule has 4 heteroatoms. The first-order valence-electron chi connectivity index (χ1n) is 3.50. The van der Waals surface area contributed by atoms with Gasteiger partial charge in [0.15, 0.2) is 0 Å². The molecule has 0 saturated heterocycles. The van der Waals surface area contributed by atoms with Gasteiger partial charge in [-0.05, 0) is 21.0 Å². The number of aliphatic imine (C=N–C) groups is 1. The molecule has 11 heavy (non-hydrogen) atoms. The molecule has 0 heterocycles. The number of oxime groups is 1. The second-order valence-corrected chi connectivity index (χ2v) is 2.57. The highest BCUT2D eigenvalue weighted by molar-refractivity contribution is 6.29. The van der Waals surface area contributed by atoms with E-state index in [9.17, 15) is 0 Å². The average Bonchev–Trinajstić information content (AvgIpc) is 1.87. The fraction of sp³-hybridized carbons (Fsp3) is 0.714. The van der Waals surface area contributed by atoms with Gasteiger partial charge in [0.05, 0.1) is 18.5 Å². The minimum absolute atomic E-state index is 0.741. The van der Waals surface area contributed by atoms with Crippen molar-refractivity contribution in [3.8, 4) is 0 Å². The summed E-state index contributed by atoms with van der Waals surface area (Å²) < 4.78 is 0. The summed E-state index contributed by atoms with van der Waals surface area (Å²) in [5, 5.41) is 11.0. The highest BCUT2D eigenvalue weighted by Gasteiger charge is 1.87. The zero-order chi connectivity index (χ0) is 8.69. The standard InChI is InChI=1S/C7H15N3O/c1-7(6-9-11)8-4-5-10(2)3/h6,11H,4-5H2,1-3H3/b8-7?,9-6-. The topological polar surface area (TPSA) is 48.2 Å². The lowest BCUT2D eigenvalue weighted by atomic mass is 10.4. The average molecular weight is 157 g/mol. The molecule has 0 atom stereocenters. The fourth-order valence-electron chi connectivity index (χ4n) is 0.551. The summed E-state index contributed by atoms with van der Waals surface area (Å²) in [6, 6.07) is 0. The largest absolute Gasteiger partial charge is 0.411 e. The van der Waals surface area contributed by atoms with Crippen LogP contribution in [0.5, 0.6) is 0 Å². The quantitative estimate of drug-likeness (QED) is 0.366. The Morgan fingerprint density at radius 3 is 2.64 bits per heavy atom. The van der Waals surface area contributed by atoms with Crippen LogP contribution in [-0.2, 0) is 0 Å². The zero-order valence-corrected chi connectivity index (χ0v) is 7.28. The van der Waals surface area contributed by atoms with Crippen LogP contribution in [0.25, 0.3) is 0 Å². The van der Waals surface area contributed by atoms with E-state index in [-0.39, 0.29) is 0 Å². The van der Waals surface area contributed by atoms with E-state index in [2.05, 4.69) is 10.1 Å². The van der Waals surface area contributed by atoms with Crippen LogP contribution in [0, 0.1) is 0 Å². The smallest absolute Gasteiger partial charge is 0.0868 e. The van der Waals surface area contributed by atoms with Crippen LogP contribution >= 0.6 is 0 Å². The van der Waals surface area contributed by atoms with E-state index in [0.717, 1.165) is 18.8 Å². The fourth-order valence-corrected chi connectivity index (χ4v) is 0.551. The van der Waals surface area contributed by atoms with E-state index in [0.29, 0.717) is 0 Å². The SMILES string of the molecule is CC(/C=N\O)=NCCN(C)C. The van der Waals surface area contributed by atoms with Gasteiger partial charge in [-0.15, -0.1) is 0 Å². The Morgan fingerprint density at radius 2 is 2.18 bits per heavy atom. The molecule has 0 radical (unpaired) electrons. The Hall–Kier alpha value is -0.900. The first-order chi connectivity index (χ1) is 5.16. The summed E-state index contributed by atoms with van der Waals surface area (Å²) in [6.07, 6.45) is 1.33. The molecular formula is C7H15N3O. The van der Waals surface area contributed by atoms with Gasteiger partial charge in [-0.25, -0.2) is 0 Å². The molecule has 0 bridgehead atoms. The van der Waals surface area contributed by atoms with E-state index in [1.165, 1.54) is 6.21 Å². The van der Waals surface area contributed by atoms with Gasteiger partial charge in [0.2, 0.25) is 0 Å². The molecular weight excluding hydrogens is 142 g/mol. The van der Waals surface area contributed by atoms with Gasteiger partial charge in [-0.2, -0.15) is 0 Å². The lowest BCUT2D eigenvalue weighted by Crippen LogP contribution is -2.16. The molecule has 0 unspecified atom stereocenters. The molecule has 0 saturated carbocycles. The maximum absolute atomic E-state index is 8.12. The second kappa shape index (κ2) is 5.85. The van der Waals surface area contributed by atoms with Crippen LogP contribution in [0.15, 0.2) is 10.1 Å². The van der Waals surface area contributed by atoms with Gasteiger partial charge in [0, 0.05) is 6.54 Å². The third-order valence-corrected chi connectivity index (χ3v) is 1.15. The van der Waals surface area contributed by atoms with Crippen LogP contribution in [0.2, 0.25) is 0 Å². The predicted molar refractivity (Wildman–Crippen MR) is 46.8 cm³/mol. The molecule has 4 nitrogen and oxygen atoms in total. The van der Waals surface area contributed by atoms with Crippen molar-refractivity contribution < 1.29 is 5.21 Å². The summed E-state index contributed by atoms with van der Waals surface area (Å²) >= 11 is 0. The Balaban J connectivity index is 3.56. The van der Waals surface area contributed by atoms with E-state index >= 15 is 0 Å². The predicted octanol–water partition coefficient (Wildman–Crippen LogP) is 0.469. The van der Waals surface area contributed by atoms with E-state index in [1.807, 2.05) is 19.0 Å². The van der Waals surface area contributed by atoms with Crippen molar-refractivity contribution in [2.75, 3.05) is 27.2 Å². The molecule has 0 fully saturated rings. The van der Waals surface area contributed by atoms with Crippen molar-refractivity contribution in [1.29, 1.82) is 0 Å². The molecule has 0 rings (SSSR count). The summed E-state index contributed by atoms with van der Waals surface area (Å²) in [5.74, 6) is 0. The Bertz CT molecular complexity index is 152. The number of nitrogens with zero attached hydrogens (tertiary/aromatic N) is 3. The van der Waals surface area contributed by atoms with Crippen LogP contribution in [0.3, 0.4) is 0 Å². The van der Waals surface area contributed by atoms with E-state index in [4.69, 9.17) is 5.21 Å². The molecule has 0 aliphatic rings. The van der Waals surface area contributed by atoms with Crippen molar-refractivity contribution in [2.45, 2.75) is 6.92 Å². The summed E-state index contributed by atoms with van der Waals surface area (Å²) in [4.78, 5) is 6.17. The zero-order valence-electron chi connectivity index (χ0n) is 7.28. The third kappa shape index (κ3) is 6.99. The second-order valence-electron chi connectivity index (χ2n) is 2.57. The number of hydrogen-bond donors (Lipinski definition) is 1.